The number of nitrogens with zero attached hydrogens (tertiary/aromatic N) is 3. The van der Waals surface area contributed by atoms with Crippen LogP contribution in [0.1, 0.15) is 0 Å². The summed E-state index contributed by atoms with van der Waals surface area (Å²) in [5, 5.41) is 6.85. The van der Waals surface area contributed by atoms with E-state index in [-0.39, 0.29) is 0 Å². The molecule has 9 heavy (non-hydrogen) atoms. The number of aromatic nitrogens is 2. The van der Waals surface area contributed by atoms with E-state index in [0.29, 0.717) is 0 Å². The largest absolute Gasteiger partial charge is 0.290 e. The molecule has 0 saturated carbocycles. The van der Waals surface area contributed by atoms with Crippen LogP contribution < -0.4 is 5.49 Å². The average Bonchev–Trinajstić information content (AvgIpc) is 2.33. The second kappa shape index (κ2) is 2.54. The third-order valence-electron chi connectivity index (χ3n) is 0.875. The first-order valence-electron chi connectivity index (χ1n) is 2.35. The molecule has 1 N–H and O–H groups in total. The third kappa shape index (κ3) is 1.05. The Morgan fingerprint density at radius 2 is 2.78 bits per heavy atom. The van der Waals surface area contributed by atoms with Crippen LogP contribution in [0.15, 0.2) is 11.2 Å². The molecular weight excluding hydrogens is 136 g/mol. The number of hydrogen-bond donors (Lipinski definition) is 1. The number of hydrogen-bond acceptors (Lipinski definition) is 4. The van der Waals surface area contributed by atoms with Crippen molar-refractivity contribution >= 4 is 18.1 Å². The van der Waals surface area contributed by atoms with Crippen LogP contribution in [0.3, 0.4) is 0 Å². The van der Waals surface area contributed by atoms with Crippen molar-refractivity contribution in [2.24, 2.45) is 4.99 Å². The molecule has 4 nitrogen and oxygen atoms in total. The monoisotopic (exact) mass is 142 g/mol. The van der Waals surface area contributed by atoms with Gasteiger partial charge in [0.05, 0.1) is 17.9 Å². The highest BCUT2D eigenvalue weighted by atomic mass is 32.1. The molecule has 0 aromatic carbocycles. The van der Waals surface area contributed by atoms with Gasteiger partial charge in [-0.05, 0) is 0 Å². The summed E-state index contributed by atoms with van der Waals surface area (Å²) in [5.41, 5.74) is 0.718. The summed E-state index contributed by atoms with van der Waals surface area (Å²) >= 11 is 1.20. The summed E-state index contributed by atoms with van der Waals surface area (Å²) in [6.45, 7) is 0. The second-order valence-electron chi connectivity index (χ2n) is 1.35. The zero-order valence-electron chi connectivity index (χ0n) is 4.90. The molecule has 0 bridgehead atoms. The van der Waals surface area contributed by atoms with E-state index in [1.807, 2.05) is 0 Å². The van der Waals surface area contributed by atoms with Crippen LogP contribution in [-0.4, -0.2) is 21.7 Å². The molecular formula is C4H6N4S. The van der Waals surface area contributed by atoms with E-state index >= 15 is 0 Å². The third-order valence-corrected chi connectivity index (χ3v) is 1.54. The Balaban J connectivity index is 3.30. The van der Waals surface area contributed by atoms with Crippen LogP contribution in [0.2, 0.25) is 0 Å². The summed E-state index contributed by atoms with van der Waals surface area (Å²) in [6, 6.07) is 0. The lowest BCUT2D eigenvalue weighted by Gasteiger charge is -1.81. The van der Waals surface area contributed by atoms with Crippen LogP contribution >= 0.6 is 11.7 Å². The van der Waals surface area contributed by atoms with Gasteiger partial charge < -0.3 is 0 Å². The quantitative estimate of drug-likeness (QED) is 0.433. The molecule has 5 heteroatoms. The lowest BCUT2D eigenvalue weighted by atomic mass is 10.8. The molecule has 0 spiro atoms. The fourth-order valence-electron chi connectivity index (χ4n) is 0.466. The van der Waals surface area contributed by atoms with Crippen molar-refractivity contribution in [2.45, 2.75) is 0 Å². The van der Waals surface area contributed by atoms with E-state index in [0.717, 1.165) is 5.49 Å². The topological polar surface area (TPSA) is 54.0 Å². The van der Waals surface area contributed by atoms with Crippen LogP contribution in [0.5, 0.6) is 0 Å². The van der Waals surface area contributed by atoms with Crippen molar-refractivity contribution < 1.29 is 0 Å². The molecule has 1 rings (SSSR count). The summed E-state index contributed by atoms with van der Waals surface area (Å²) < 4.78 is 5.39. The van der Waals surface area contributed by atoms with Gasteiger partial charge in [-0.2, -0.15) is 4.37 Å². The van der Waals surface area contributed by atoms with Gasteiger partial charge in [0.1, 0.15) is 6.34 Å². The number of nitrogens with one attached hydrogen (secondary N) is 1. The Hall–Kier alpha value is -0.970. The molecule has 0 unspecified atom stereocenters. The van der Waals surface area contributed by atoms with Gasteiger partial charge in [-0.3, -0.25) is 10.4 Å². The first kappa shape index (κ1) is 6.15. The molecule has 0 amide bonds. The molecule has 1 aromatic heterocycles. The Morgan fingerprint density at radius 1 is 2.00 bits per heavy atom. The predicted octanol–water partition coefficient (Wildman–Crippen LogP) is -0.0697. The van der Waals surface area contributed by atoms with Gasteiger partial charge in [0, 0.05) is 7.05 Å². The average molecular weight is 142 g/mol. The molecule has 0 fully saturated rings. The van der Waals surface area contributed by atoms with E-state index in [1.165, 1.54) is 18.1 Å². The van der Waals surface area contributed by atoms with Crippen molar-refractivity contribution in [3.8, 4) is 0 Å². The summed E-state index contributed by atoms with van der Waals surface area (Å²) in [6.07, 6.45) is 2.80. The molecule has 1 heterocycles. The van der Waals surface area contributed by atoms with Crippen molar-refractivity contribution in [2.75, 3.05) is 7.05 Å². The second-order valence-corrected chi connectivity index (χ2v) is 2.12. The highest BCUT2D eigenvalue weighted by Gasteiger charge is 1.86. The van der Waals surface area contributed by atoms with Crippen LogP contribution in [0, 0.1) is 5.41 Å². The maximum atomic E-state index is 6.85. The highest BCUT2D eigenvalue weighted by Crippen LogP contribution is 1.79. The van der Waals surface area contributed by atoms with Gasteiger partial charge in [-0.15, -0.1) is 0 Å². The Labute approximate surface area is 56.3 Å². The maximum absolute atomic E-state index is 6.85. The van der Waals surface area contributed by atoms with Gasteiger partial charge in [0.15, 0.2) is 5.49 Å². The van der Waals surface area contributed by atoms with E-state index < -0.39 is 0 Å². The van der Waals surface area contributed by atoms with E-state index in [1.54, 1.807) is 17.2 Å². The molecule has 0 aliphatic carbocycles. The molecule has 0 aliphatic heterocycles. The van der Waals surface area contributed by atoms with Crippen molar-refractivity contribution in [1.29, 1.82) is 5.41 Å². The minimum absolute atomic E-state index is 0.718. The van der Waals surface area contributed by atoms with Gasteiger partial charge in [0.25, 0.3) is 0 Å². The molecule has 0 aliphatic rings. The van der Waals surface area contributed by atoms with Gasteiger partial charge in [-0.1, -0.05) is 0 Å². The van der Waals surface area contributed by atoms with Gasteiger partial charge in [0.2, 0.25) is 0 Å². The minimum Gasteiger partial charge on any atom is -0.290 e. The molecule has 48 valence electrons. The van der Waals surface area contributed by atoms with Crippen molar-refractivity contribution in [3.63, 3.8) is 0 Å². The normalized spacial score (nSPS) is 11.9. The molecule has 0 atom stereocenters. The minimum atomic E-state index is 0.718. The highest BCUT2D eigenvalue weighted by molar-refractivity contribution is 7.00. The van der Waals surface area contributed by atoms with Gasteiger partial charge >= 0.3 is 0 Å². The lowest BCUT2D eigenvalue weighted by molar-refractivity contribution is 1.10. The zero-order valence-corrected chi connectivity index (χ0v) is 5.72. The van der Waals surface area contributed by atoms with Crippen LogP contribution in [-0.2, 0) is 0 Å². The van der Waals surface area contributed by atoms with E-state index in [4.69, 9.17) is 5.41 Å². The first-order chi connectivity index (χ1) is 4.38. The Kier molecular flexibility index (Phi) is 1.74. The summed E-state index contributed by atoms with van der Waals surface area (Å²) in [7, 11) is 1.67. The molecule has 1 aromatic rings. The fourth-order valence-corrected chi connectivity index (χ4v) is 0.969. The van der Waals surface area contributed by atoms with Gasteiger partial charge in [-0.25, -0.2) is 3.96 Å². The fraction of sp³-hybridized carbons (Fsp3) is 0.250. The molecule has 0 radical (unpaired) electrons. The Bertz CT molecular complexity index is 258. The van der Waals surface area contributed by atoms with Crippen molar-refractivity contribution in [1.82, 2.24) is 8.33 Å². The lowest BCUT2D eigenvalue weighted by Crippen LogP contribution is -2.12. The molecule has 0 saturated heterocycles. The SMILES string of the molecule is CN=c1cnsn1C=N. The predicted molar refractivity (Wildman–Crippen MR) is 35.8 cm³/mol. The maximum Gasteiger partial charge on any atom is 0.163 e. The van der Waals surface area contributed by atoms with E-state index in [2.05, 4.69) is 9.37 Å². The Morgan fingerprint density at radius 3 is 3.22 bits per heavy atom. The van der Waals surface area contributed by atoms with Crippen molar-refractivity contribution in [3.05, 3.63) is 11.7 Å². The van der Waals surface area contributed by atoms with Crippen LogP contribution in [0.4, 0.5) is 0 Å². The number of rotatable bonds is 1. The summed E-state index contributed by atoms with van der Waals surface area (Å²) in [4.78, 5) is 3.86. The van der Waals surface area contributed by atoms with Crippen LogP contribution in [0.25, 0.3) is 0 Å². The van der Waals surface area contributed by atoms with E-state index in [9.17, 15) is 0 Å². The zero-order chi connectivity index (χ0) is 6.69. The smallest absolute Gasteiger partial charge is 0.163 e. The standard InChI is InChI=1S/C4H6N4S/c1-6-4-2-7-9-8(4)3-5/h2-3,5H,1H3. The first-order valence-corrected chi connectivity index (χ1v) is 3.08. The summed E-state index contributed by atoms with van der Waals surface area (Å²) in [5.74, 6) is 0.